The number of carbonyl (C=O) groups is 1. The van der Waals surface area contributed by atoms with Gasteiger partial charge in [-0.25, -0.2) is 0 Å². The van der Waals surface area contributed by atoms with Gasteiger partial charge >= 0.3 is 0 Å². The number of halogens is 1. The van der Waals surface area contributed by atoms with Crippen molar-refractivity contribution in [2.75, 3.05) is 0 Å². The minimum atomic E-state index is -0.834. The molecule has 1 rings (SSSR count). The monoisotopic (exact) mass is 354 g/mol. The predicted octanol–water partition coefficient (Wildman–Crippen LogP) is 3.98. The van der Waals surface area contributed by atoms with E-state index in [1.165, 1.54) is 11.8 Å². The van der Waals surface area contributed by atoms with Crippen LogP contribution in [0.2, 0.25) is 0 Å². The van der Waals surface area contributed by atoms with Crippen molar-refractivity contribution >= 4 is 33.6 Å². The summed E-state index contributed by atoms with van der Waals surface area (Å²) in [7, 11) is 0. The van der Waals surface area contributed by atoms with Crippen molar-refractivity contribution in [3.8, 4) is 6.07 Å². The van der Waals surface area contributed by atoms with Gasteiger partial charge in [-0.15, -0.1) is 11.8 Å². The predicted molar refractivity (Wildman–Crippen MR) is 86.5 cm³/mol. The summed E-state index contributed by atoms with van der Waals surface area (Å²) in [4.78, 5) is 13.3. The molecular weight excluding hydrogens is 336 g/mol. The molecule has 1 aromatic carbocycles. The minimum absolute atomic E-state index is 0.0529. The lowest BCUT2D eigenvalue weighted by Crippen LogP contribution is -2.51. The molecule has 1 amide bonds. The summed E-state index contributed by atoms with van der Waals surface area (Å²) >= 11 is 4.94. The maximum atomic E-state index is 12.2. The van der Waals surface area contributed by atoms with Crippen LogP contribution >= 0.6 is 27.7 Å². The van der Waals surface area contributed by atoms with E-state index in [1.54, 1.807) is 6.92 Å². The summed E-state index contributed by atoms with van der Waals surface area (Å²) in [6, 6.07) is 9.97. The molecule has 0 saturated heterocycles. The summed E-state index contributed by atoms with van der Waals surface area (Å²) in [6.45, 7) is 7.45. The molecule has 0 bridgehead atoms. The fourth-order valence-corrected chi connectivity index (χ4v) is 2.89. The highest BCUT2D eigenvalue weighted by Crippen LogP contribution is 2.30. The van der Waals surface area contributed by atoms with Gasteiger partial charge in [-0.05, 0) is 47.8 Å². The highest BCUT2D eigenvalue weighted by Gasteiger charge is 2.31. The molecule has 0 aromatic heterocycles. The molecule has 20 heavy (non-hydrogen) atoms. The van der Waals surface area contributed by atoms with E-state index >= 15 is 0 Å². The first kappa shape index (κ1) is 17.1. The van der Waals surface area contributed by atoms with E-state index in [2.05, 4.69) is 27.3 Å². The zero-order valence-electron chi connectivity index (χ0n) is 12.1. The van der Waals surface area contributed by atoms with Crippen LogP contribution < -0.4 is 5.32 Å². The van der Waals surface area contributed by atoms with E-state index in [0.717, 1.165) is 9.37 Å². The third kappa shape index (κ3) is 4.26. The minimum Gasteiger partial charge on any atom is -0.337 e. The molecule has 5 heteroatoms. The maximum Gasteiger partial charge on any atom is 0.234 e. The zero-order chi connectivity index (χ0) is 15.3. The molecule has 108 valence electrons. The third-order valence-electron chi connectivity index (χ3n) is 3.28. The van der Waals surface area contributed by atoms with Crippen molar-refractivity contribution in [3.05, 3.63) is 28.7 Å². The normalized spacial score (nSPS) is 15.2. The number of benzene rings is 1. The lowest BCUT2D eigenvalue weighted by molar-refractivity contribution is -0.121. The van der Waals surface area contributed by atoms with E-state index in [1.807, 2.05) is 45.0 Å². The van der Waals surface area contributed by atoms with Gasteiger partial charge in [0.15, 0.2) is 0 Å². The van der Waals surface area contributed by atoms with Gasteiger partial charge in [-0.2, -0.15) is 5.26 Å². The van der Waals surface area contributed by atoms with E-state index in [0.29, 0.717) is 0 Å². The van der Waals surface area contributed by atoms with Gasteiger partial charge in [-0.3, -0.25) is 4.79 Å². The Bertz CT molecular complexity index is 527. The van der Waals surface area contributed by atoms with Crippen LogP contribution in [0, 0.1) is 17.2 Å². The smallest absolute Gasteiger partial charge is 0.234 e. The van der Waals surface area contributed by atoms with Crippen LogP contribution in [0.3, 0.4) is 0 Å². The standard InChI is InChI=1S/C15H19BrN2OS/c1-10(2)15(4,9-17)18-14(19)11(3)20-13-8-6-5-7-12(13)16/h5-8,10-11H,1-4H3,(H,18,19). The number of amides is 1. The maximum absolute atomic E-state index is 12.2. The van der Waals surface area contributed by atoms with E-state index < -0.39 is 5.54 Å². The molecule has 0 spiro atoms. The lowest BCUT2D eigenvalue weighted by atomic mass is 9.90. The largest absolute Gasteiger partial charge is 0.337 e. The van der Waals surface area contributed by atoms with Gasteiger partial charge in [0.1, 0.15) is 5.54 Å². The van der Waals surface area contributed by atoms with Crippen LogP contribution in [0.25, 0.3) is 0 Å². The van der Waals surface area contributed by atoms with E-state index in [-0.39, 0.29) is 17.1 Å². The van der Waals surface area contributed by atoms with Crippen LogP contribution in [0.15, 0.2) is 33.6 Å². The molecule has 0 radical (unpaired) electrons. The highest BCUT2D eigenvalue weighted by molar-refractivity contribution is 9.10. The summed E-state index contributed by atoms with van der Waals surface area (Å²) in [5.74, 6) is -0.0689. The summed E-state index contributed by atoms with van der Waals surface area (Å²) in [6.07, 6.45) is 0. The fraction of sp³-hybridized carbons (Fsp3) is 0.467. The molecule has 2 unspecified atom stereocenters. The van der Waals surface area contributed by atoms with Crippen molar-refractivity contribution in [1.82, 2.24) is 5.32 Å². The summed E-state index contributed by atoms with van der Waals surface area (Å²) < 4.78 is 0.969. The number of hydrogen-bond acceptors (Lipinski definition) is 3. The Morgan fingerprint density at radius 2 is 2.00 bits per heavy atom. The number of carbonyl (C=O) groups excluding carboxylic acids is 1. The van der Waals surface area contributed by atoms with Gasteiger partial charge in [0.25, 0.3) is 0 Å². The van der Waals surface area contributed by atoms with E-state index in [9.17, 15) is 10.1 Å². The molecule has 0 aliphatic carbocycles. The Kier molecular flexibility index (Phi) is 6.09. The van der Waals surface area contributed by atoms with Crippen molar-refractivity contribution < 1.29 is 4.79 Å². The summed E-state index contributed by atoms with van der Waals surface area (Å²) in [5, 5.41) is 11.8. The SMILES string of the molecule is CC(Sc1ccccc1Br)C(=O)NC(C)(C#N)C(C)C. The number of nitrogens with zero attached hydrogens (tertiary/aromatic N) is 1. The van der Waals surface area contributed by atoms with Crippen LogP contribution in [0.5, 0.6) is 0 Å². The van der Waals surface area contributed by atoms with Crippen LogP contribution in [-0.2, 0) is 4.79 Å². The Labute approximate surface area is 133 Å². The molecule has 0 aliphatic rings. The Morgan fingerprint density at radius 3 is 2.50 bits per heavy atom. The number of rotatable bonds is 5. The Hall–Kier alpha value is -0.990. The quantitative estimate of drug-likeness (QED) is 0.813. The molecule has 0 aliphatic heterocycles. The van der Waals surface area contributed by atoms with Crippen molar-refractivity contribution in [3.63, 3.8) is 0 Å². The van der Waals surface area contributed by atoms with Gasteiger partial charge in [0.2, 0.25) is 5.91 Å². The number of thioether (sulfide) groups is 1. The molecule has 0 fully saturated rings. The van der Waals surface area contributed by atoms with Crippen molar-refractivity contribution in [2.45, 2.75) is 43.4 Å². The summed E-state index contributed by atoms with van der Waals surface area (Å²) in [5.41, 5.74) is -0.834. The first-order valence-electron chi connectivity index (χ1n) is 6.44. The third-order valence-corrected chi connectivity index (χ3v) is 5.41. The molecule has 1 aromatic rings. The van der Waals surface area contributed by atoms with Gasteiger partial charge in [0, 0.05) is 9.37 Å². The van der Waals surface area contributed by atoms with Gasteiger partial charge in [-0.1, -0.05) is 26.0 Å². The van der Waals surface area contributed by atoms with Crippen LogP contribution in [0.4, 0.5) is 0 Å². The number of nitrogens with one attached hydrogen (secondary N) is 1. The van der Waals surface area contributed by atoms with E-state index in [4.69, 9.17) is 0 Å². The topological polar surface area (TPSA) is 52.9 Å². The Balaban J connectivity index is 2.74. The molecule has 2 atom stereocenters. The number of hydrogen-bond donors (Lipinski definition) is 1. The molecule has 0 saturated carbocycles. The highest BCUT2D eigenvalue weighted by atomic mass is 79.9. The second-order valence-corrected chi connectivity index (χ2v) is 7.39. The second kappa shape index (κ2) is 7.14. The average Bonchev–Trinajstić information content (AvgIpc) is 2.40. The zero-order valence-corrected chi connectivity index (χ0v) is 14.5. The molecule has 3 nitrogen and oxygen atoms in total. The average molecular weight is 355 g/mol. The van der Waals surface area contributed by atoms with Crippen LogP contribution in [-0.4, -0.2) is 16.7 Å². The first-order valence-corrected chi connectivity index (χ1v) is 8.12. The van der Waals surface area contributed by atoms with Crippen molar-refractivity contribution in [1.29, 1.82) is 5.26 Å². The van der Waals surface area contributed by atoms with Crippen molar-refractivity contribution in [2.24, 2.45) is 5.92 Å². The number of nitriles is 1. The Morgan fingerprint density at radius 1 is 1.40 bits per heavy atom. The van der Waals surface area contributed by atoms with Gasteiger partial charge < -0.3 is 5.32 Å². The first-order chi connectivity index (χ1) is 9.30. The van der Waals surface area contributed by atoms with Crippen LogP contribution in [0.1, 0.15) is 27.7 Å². The molecule has 0 heterocycles. The lowest BCUT2D eigenvalue weighted by Gasteiger charge is -2.28. The van der Waals surface area contributed by atoms with Gasteiger partial charge in [0.05, 0.1) is 11.3 Å². The molecular formula is C15H19BrN2OS. The fourth-order valence-electron chi connectivity index (χ4n) is 1.44. The molecule has 1 N–H and O–H groups in total. The second-order valence-electron chi connectivity index (χ2n) is 5.15.